The van der Waals surface area contributed by atoms with E-state index in [9.17, 15) is 14.7 Å². The first-order chi connectivity index (χ1) is 11.8. The number of ether oxygens (including phenoxy) is 1. The van der Waals surface area contributed by atoms with Crippen LogP contribution in [0, 0.1) is 11.8 Å². The van der Waals surface area contributed by atoms with E-state index in [1.165, 1.54) is 0 Å². The van der Waals surface area contributed by atoms with Gasteiger partial charge in [0, 0.05) is 13.1 Å². The molecule has 0 spiro atoms. The number of aliphatic carboxylic acids is 1. The van der Waals surface area contributed by atoms with Gasteiger partial charge in [-0.3, -0.25) is 9.69 Å². The molecule has 0 unspecified atom stereocenters. The van der Waals surface area contributed by atoms with Crippen LogP contribution in [-0.4, -0.2) is 64.3 Å². The highest BCUT2D eigenvalue weighted by atomic mass is 16.6. The SMILES string of the molecule is CC(C)CCN(CCC(C)C)C1(CC(=O)O)CN(C(=O)OC(C)(C)C)C1. The lowest BCUT2D eigenvalue weighted by atomic mass is 9.83. The van der Waals surface area contributed by atoms with Crippen LogP contribution in [0.1, 0.15) is 67.7 Å². The molecule has 1 rings (SSSR count). The fraction of sp³-hybridized carbons (Fsp3) is 0.900. The molecular formula is C20H38N2O4. The molecule has 6 heteroatoms. The van der Waals surface area contributed by atoms with E-state index < -0.39 is 17.1 Å². The molecule has 1 aliphatic rings. The summed E-state index contributed by atoms with van der Waals surface area (Å²) < 4.78 is 5.44. The highest BCUT2D eigenvalue weighted by Gasteiger charge is 2.51. The van der Waals surface area contributed by atoms with Gasteiger partial charge in [0.15, 0.2) is 0 Å². The van der Waals surface area contributed by atoms with Gasteiger partial charge in [-0.15, -0.1) is 0 Å². The molecule has 1 aliphatic heterocycles. The molecule has 0 atom stereocenters. The third-order valence-electron chi connectivity index (χ3n) is 4.73. The van der Waals surface area contributed by atoms with Gasteiger partial charge in [0.2, 0.25) is 0 Å². The van der Waals surface area contributed by atoms with Crippen molar-refractivity contribution in [3.63, 3.8) is 0 Å². The van der Waals surface area contributed by atoms with Gasteiger partial charge in [0.25, 0.3) is 0 Å². The molecule has 1 N–H and O–H groups in total. The van der Waals surface area contributed by atoms with Gasteiger partial charge in [0.1, 0.15) is 5.60 Å². The highest BCUT2D eigenvalue weighted by molar-refractivity contribution is 5.73. The summed E-state index contributed by atoms with van der Waals surface area (Å²) in [6, 6.07) is 0. The zero-order valence-electron chi connectivity index (χ0n) is 17.7. The lowest BCUT2D eigenvalue weighted by molar-refractivity contribution is -0.146. The number of amides is 1. The number of carbonyl (C=O) groups is 2. The van der Waals surface area contributed by atoms with Gasteiger partial charge in [-0.05, 0) is 58.5 Å². The predicted octanol–water partition coefficient (Wildman–Crippen LogP) is 3.84. The zero-order chi connectivity index (χ0) is 20.1. The first kappa shape index (κ1) is 22.7. The molecule has 0 aromatic rings. The van der Waals surface area contributed by atoms with Crippen LogP contribution in [0.3, 0.4) is 0 Å². The zero-order valence-corrected chi connectivity index (χ0v) is 17.7. The summed E-state index contributed by atoms with van der Waals surface area (Å²) in [7, 11) is 0. The van der Waals surface area contributed by atoms with E-state index >= 15 is 0 Å². The number of carboxylic acids is 1. The largest absolute Gasteiger partial charge is 0.481 e. The summed E-state index contributed by atoms with van der Waals surface area (Å²) in [5.74, 6) is 0.300. The average molecular weight is 371 g/mol. The van der Waals surface area contributed by atoms with Crippen LogP contribution in [0.25, 0.3) is 0 Å². The van der Waals surface area contributed by atoms with Crippen molar-refractivity contribution in [3.8, 4) is 0 Å². The molecule has 0 aromatic heterocycles. The van der Waals surface area contributed by atoms with Crippen LogP contribution in [-0.2, 0) is 9.53 Å². The Hall–Kier alpha value is -1.30. The second-order valence-electron chi connectivity index (χ2n) is 9.48. The van der Waals surface area contributed by atoms with Crippen LogP contribution in [0.2, 0.25) is 0 Å². The minimum absolute atomic E-state index is 0.0580. The number of rotatable bonds is 9. The summed E-state index contributed by atoms with van der Waals surface area (Å²) >= 11 is 0. The molecule has 0 bridgehead atoms. The maximum Gasteiger partial charge on any atom is 0.410 e. The third kappa shape index (κ3) is 7.14. The lowest BCUT2D eigenvalue weighted by Crippen LogP contribution is -2.72. The number of likely N-dealkylation sites (tertiary alicyclic amines) is 1. The molecule has 1 saturated heterocycles. The van der Waals surface area contributed by atoms with Crippen molar-refractivity contribution in [1.82, 2.24) is 9.80 Å². The lowest BCUT2D eigenvalue weighted by Gasteiger charge is -2.55. The van der Waals surface area contributed by atoms with Crippen molar-refractivity contribution >= 4 is 12.1 Å². The molecule has 152 valence electrons. The molecule has 26 heavy (non-hydrogen) atoms. The maximum absolute atomic E-state index is 12.3. The Morgan fingerprint density at radius 2 is 1.54 bits per heavy atom. The van der Waals surface area contributed by atoms with E-state index in [4.69, 9.17) is 4.74 Å². The fourth-order valence-corrected chi connectivity index (χ4v) is 3.24. The number of hydrogen-bond donors (Lipinski definition) is 1. The van der Waals surface area contributed by atoms with Crippen molar-refractivity contribution in [2.24, 2.45) is 11.8 Å². The van der Waals surface area contributed by atoms with Crippen LogP contribution in [0.4, 0.5) is 4.79 Å². The van der Waals surface area contributed by atoms with E-state index in [0.717, 1.165) is 25.9 Å². The van der Waals surface area contributed by atoms with Crippen LogP contribution < -0.4 is 0 Å². The van der Waals surface area contributed by atoms with Crippen molar-refractivity contribution in [2.75, 3.05) is 26.2 Å². The Kier molecular flexibility index (Phi) is 7.93. The quantitative estimate of drug-likeness (QED) is 0.668. The molecule has 1 fully saturated rings. The first-order valence-electron chi connectivity index (χ1n) is 9.79. The predicted molar refractivity (Wildman–Crippen MR) is 103 cm³/mol. The minimum atomic E-state index is -0.812. The van der Waals surface area contributed by atoms with Gasteiger partial charge in [0.05, 0.1) is 12.0 Å². The molecular weight excluding hydrogens is 332 g/mol. The second-order valence-corrected chi connectivity index (χ2v) is 9.48. The fourth-order valence-electron chi connectivity index (χ4n) is 3.24. The van der Waals surface area contributed by atoms with Gasteiger partial charge in [-0.1, -0.05) is 27.7 Å². The average Bonchev–Trinajstić information content (AvgIpc) is 2.39. The minimum Gasteiger partial charge on any atom is -0.481 e. The van der Waals surface area contributed by atoms with Gasteiger partial charge in [-0.25, -0.2) is 4.79 Å². The first-order valence-corrected chi connectivity index (χ1v) is 9.79. The monoisotopic (exact) mass is 370 g/mol. The molecule has 1 amide bonds. The van der Waals surface area contributed by atoms with Gasteiger partial charge in [-0.2, -0.15) is 0 Å². The third-order valence-corrected chi connectivity index (χ3v) is 4.73. The number of carbonyl (C=O) groups excluding carboxylic acids is 1. The van der Waals surface area contributed by atoms with Crippen molar-refractivity contribution in [2.45, 2.75) is 78.9 Å². The number of hydrogen-bond acceptors (Lipinski definition) is 4. The van der Waals surface area contributed by atoms with E-state index in [2.05, 4.69) is 32.6 Å². The van der Waals surface area contributed by atoms with Crippen LogP contribution in [0.5, 0.6) is 0 Å². The standard InChI is InChI=1S/C20H38N2O4/c1-15(2)8-10-22(11-9-16(3)4)20(12-17(23)24)13-21(14-20)18(25)26-19(5,6)7/h15-16H,8-14H2,1-7H3,(H,23,24). The molecule has 0 aliphatic carbocycles. The molecule has 0 aromatic carbocycles. The Labute approximate surface area is 158 Å². The van der Waals surface area contributed by atoms with Gasteiger partial charge < -0.3 is 14.7 Å². The van der Waals surface area contributed by atoms with E-state index in [-0.39, 0.29) is 12.5 Å². The summed E-state index contributed by atoms with van der Waals surface area (Å²) in [5, 5.41) is 9.47. The van der Waals surface area contributed by atoms with E-state index in [1.807, 2.05) is 20.8 Å². The molecule has 1 heterocycles. The summed E-state index contributed by atoms with van der Waals surface area (Å²) in [6.45, 7) is 16.8. The summed E-state index contributed by atoms with van der Waals surface area (Å²) in [5.41, 5.74) is -1.02. The maximum atomic E-state index is 12.3. The highest BCUT2D eigenvalue weighted by Crippen LogP contribution is 2.34. The van der Waals surface area contributed by atoms with Crippen LogP contribution >= 0.6 is 0 Å². The van der Waals surface area contributed by atoms with Crippen molar-refractivity contribution < 1.29 is 19.4 Å². The Morgan fingerprint density at radius 1 is 1.08 bits per heavy atom. The normalized spacial score (nSPS) is 16.9. The van der Waals surface area contributed by atoms with Crippen LogP contribution in [0.15, 0.2) is 0 Å². The van der Waals surface area contributed by atoms with Gasteiger partial charge >= 0.3 is 12.1 Å². The Morgan fingerprint density at radius 3 is 1.88 bits per heavy atom. The molecule has 6 nitrogen and oxygen atoms in total. The van der Waals surface area contributed by atoms with E-state index in [1.54, 1.807) is 4.90 Å². The second kappa shape index (κ2) is 9.07. The smallest absolute Gasteiger partial charge is 0.410 e. The Bertz CT molecular complexity index is 465. The topological polar surface area (TPSA) is 70.1 Å². The summed E-state index contributed by atoms with van der Waals surface area (Å²) in [6.07, 6.45) is 1.74. The number of nitrogens with zero attached hydrogens (tertiary/aromatic N) is 2. The molecule has 0 saturated carbocycles. The van der Waals surface area contributed by atoms with Crippen molar-refractivity contribution in [3.05, 3.63) is 0 Å². The van der Waals surface area contributed by atoms with Crippen molar-refractivity contribution in [1.29, 1.82) is 0 Å². The van der Waals surface area contributed by atoms with E-state index in [0.29, 0.717) is 24.9 Å². The Balaban J connectivity index is 2.87. The number of carboxylic acid groups (broad SMARTS) is 1. The summed E-state index contributed by atoms with van der Waals surface area (Å²) in [4.78, 5) is 27.8. The molecule has 0 radical (unpaired) electrons.